The molecule has 0 bridgehead atoms. The van der Waals surface area contributed by atoms with E-state index >= 15 is 0 Å². The van der Waals surface area contributed by atoms with Crippen LogP contribution in [0.15, 0.2) is 6.07 Å². The largest absolute Gasteiger partial charge is 0.363 e. The smallest absolute Gasteiger partial charge is 0.152 e. The molecular weight excluding hydrogens is 214 g/mol. The minimum Gasteiger partial charge on any atom is -0.363 e. The van der Waals surface area contributed by atoms with Crippen LogP contribution in [0.25, 0.3) is 0 Å². The Morgan fingerprint density at radius 2 is 2.24 bits per heavy atom. The fourth-order valence-corrected chi connectivity index (χ4v) is 2.24. The van der Waals surface area contributed by atoms with Gasteiger partial charge in [0, 0.05) is 18.7 Å². The van der Waals surface area contributed by atoms with E-state index in [9.17, 15) is 10.1 Å². The normalized spacial score (nSPS) is 15.8. The number of ketones is 1. The lowest BCUT2D eigenvalue weighted by Gasteiger charge is -2.29. The fourth-order valence-electron chi connectivity index (χ4n) is 2.24. The molecule has 88 valence electrons. The topological polar surface area (TPSA) is 57.0 Å². The van der Waals surface area contributed by atoms with Crippen molar-refractivity contribution in [2.45, 2.75) is 26.7 Å². The van der Waals surface area contributed by atoms with E-state index in [0.29, 0.717) is 18.5 Å². The van der Waals surface area contributed by atoms with E-state index in [1.54, 1.807) is 0 Å². The van der Waals surface area contributed by atoms with Crippen molar-refractivity contribution in [3.8, 4) is 6.07 Å². The van der Waals surface area contributed by atoms with Gasteiger partial charge in [-0.2, -0.15) is 5.26 Å². The Labute approximate surface area is 101 Å². The molecule has 0 aromatic carbocycles. The number of nitriles is 1. The summed E-state index contributed by atoms with van der Waals surface area (Å²) in [5, 5.41) is 9.19. The first-order chi connectivity index (χ1) is 8.11. The monoisotopic (exact) mass is 229 g/mol. The molecule has 0 unspecified atom stereocenters. The molecule has 0 amide bonds. The van der Waals surface area contributed by atoms with Gasteiger partial charge in [-0.05, 0) is 26.3 Å². The number of Topliss-reactive ketones (excluding diaryl/α,β-unsaturated/α-hetero) is 1. The summed E-state index contributed by atoms with van der Waals surface area (Å²) in [7, 11) is 0. The van der Waals surface area contributed by atoms with Gasteiger partial charge in [0.15, 0.2) is 5.78 Å². The maximum absolute atomic E-state index is 11.5. The lowest BCUT2D eigenvalue weighted by atomic mass is 10.1. The molecule has 0 saturated carbocycles. The van der Waals surface area contributed by atoms with Crippen molar-refractivity contribution in [1.29, 1.82) is 5.26 Å². The second-order valence-corrected chi connectivity index (χ2v) is 4.42. The molecule has 0 aliphatic carbocycles. The van der Waals surface area contributed by atoms with Crippen molar-refractivity contribution in [3.63, 3.8) is 0 Å². The Bertz CT molecular complexity index is 502. The second-order valence-electron chi connectivity index (χ2n) is 4.42. The summed E-state index contributed by atoms with van der Waals surface area (Å²) in [6, 6.07) is 4.08. The zero-order valence-electron chi connectivity index (χ0n) is 10.2. The number of aromatic nitrogens is 1. The molecule has 0 N–H and O–H groups in total. The third-order valence-electron chi connectivity index (χ3n) is 3.01. The third kappa shape index (κ3) is 2.28. The molecule has 0 radical (unpaired) electrons. The van der Waals surface area contributed by atoms with Crippen molar-refractivity contribution in [2.75, 3.05) is 18.0 Å². The zero-order valence-corrected chi connectivity index (χ0v) is 10.2. The van der Waals surface area contributed by atoms with Crippen LogP contribution in [0.2, 0.25) is 0 Å². The Morgan fingerprint density at radius 1 is 1.47 bits per heavy atom. The number of anilines is 1. The second kappa shape index (κ2) is 4.54. The van der Waals surface area contributed by atoms with Crippen molar-refractivity contribution < 1.29 is 4.79 Å². The van der Waals surface area contributed by atoms with E-state index in [1.807, 2.05) is 24.8 Å². The summed E-state index contributed by atoms with van der Waals surface area (Å²) in [5.74, 6) is 0.243. The number of aryl methyl sites for hydroxylation is 2. The molecule has 0 spiro atoms. The first kappa shape index (κ1) is 11.6. The summed E-state index contributed by atoms with van der Waals surface area (Å²) >= 11 is 0. The molecule has 2 heterocycles. The number of rotatable bonds is 1. The van der Waals surface area contributed by atoms with Gasteiger partial charge in [0.05, 0.1) is 23.5 Å². The van der Waals surface area contributed by atoms with E-state index in [0.717, 1.165) is 30.0 Å². The van der Waals surface area contributed by atoms with Crippen LogP contribution in [0.1, 0.15) is 29.8 Å². The summed E-state index contributed by atoms with van der Waals surface area (Å²) in [6.07, 6.45) is 1.52. The molecule has 1 saturated heterocycles. The Morgan fingerprint density at radius 3 is 2.88 bits per heavy atom. The van der Waals surface area contributed by atoms with Gasteiger partial charge >= 0.3 is 0 Å². The van der Waals surface area contributed by atoms with Crippen molar-refractivity contribution >= 4 is 11.5 Å². The maximum Gasteiger partial charge on any atom is 0.152 e. The lowest BCUT2D eigenvalue weighted by molar-refractivity contribution is -0.118. The molecule has 1 aromatic heterocycles. The highest BCUT2D eigenvalue weighted by molar-refractivity contribution is 5.85. The maximum atomic E-state index is 11.5. The summed E-state index contributed by atoms with van der Waals surface area (Å²) in [5.41, 5.74) is 3.06. The number of pyridine rings is 1. The number of carbonyl (C=O) groups excluding carboxylic acids is 1. The highest BCUT2D eigenvalue weighted by Crippen LogP contribution is 2.25. The first-order valence-corrected chi connectivity index (χ1v) is 5.77. The molecule has 1 fully saturated rings. The molecule has 4 heteroatoms. The number of hydrogen-bond donors (Lipinski definition) is 0. The van der Waals surface area contributed by atoms with E-state index in [1.165, 1.54) is 0 Å². The molecule has 4 nitrogen and oxygen atoms in total. The van der Waals surface area contributed by atoms with Crippen LogP contribution in [-0.2, 0) is 4.79 Å². The molecule has 1 aliphatic rings. The number of carbonyl (C=O) groups is 1. The van der Waals surface area contributed by atoms with Crippen LogP contribution < -0.4 is 4.90 Å². The quantitative estimate of drug-likeness (QED) is 0.736. The van der Waals surface area contributed by atoms with Gasteiger partial charge in [-0.1, -0.05) is 0 Å². The van der Waals surface area contributed by atoms with Crippen LogP contribution in [0.3, 0.4) is 0 Å². The van der Waals surface area contributed by atoms with Gasteiger partial charge in [-0.25, -0.2) is 0 Å². The van der Waals surface area contributed by atoms with Gasteiger partial charge in [0.1, 0.15) is 6.07 Å². The number of piperidine rings is 1. The number of hydrogen-bond acceptors (Lipinski definition) is 4. The minimum absolute atomic E-state index is 0.243. The highest BCUT2D eigenvalue weighted by atomic mass is 16.1. The van der Waals surface area contributed by atoms with E-state index in [2.05, 4.69) is 11.1 Å². The molecule has 1 aromatic rings. The van der Waals surface area contributed by atoms with Crippen molar-refractivity contribution in [1.82, 2.24) is 4.98 Å². The van der Waals surface area contributed by atoms with Crippen LogP contribution >= 0.6 is 0 Å². The van der Waals surface area contributed by atoms with Gasteiger partial charge in [0.25, 0.3) is 0 Å². The average molecular weight is 229 g/mol. The van der Waals surface area contributed by atoms with E-state index < -0.39 is 0 Å². The van der Waals surface area contributed by atoms with Gasteiger partial charge in [-0.3, -0.25) is 9.78 Å². The van der Waals surface area contributed by atoms with Crippen molar-refractivity contribution in [2.24, 2.45) is 0 Å². The molecule has 1 aliphatic heterocycles. The predicted molar refractivity (Wildman–Crippen MR) is 64.9 cm³/mol. The minimum atomic E-state index is 0.243. The lowest BCUT2D eigenvalue weighted by Crippen LogP contribution is -2.36. The SMILES string of the molecule is Cc1cc(N2CCCC(=O)C2)c(C#N)c(C)n1. The average Bonchev–Trinajstić information content (AvgIpc) is 2.28. The van der Waals surface area contributed by atoms with E-state index in [-0.39, 0.29) is 5.78 Å². The highest BCUT2D eigenvalue weighted by Gasteiger charge is 2.21. The van der Waals surface area contributed by atoms with Gasteiger partial charge < -0.3 is 4.90 Å². The van der Waals surface area contributed by atoms with Crippen LogP contribution in [0.4, 0.5) is 5.69 Å². The number of nitrogens with zero attached hydrogens (tertiary/aromatic N) is 3. The molecule has 2 rings (SSSR count). The van der Waals surface area contributed by atoms with Crippen LogP contribution in [0.5, 0.6) is 0 Å². The summed E-state index contributed by atoms with van der Waals surface area (Å²) < 4.78 is 0. The van der Waals surface area contributed by atoms with Gasteiger partial charge in [0.2, 0.25) is 0 Å². The molecular formula is C13H15N3O. The summed E-state index contributed by atoms with van der Waals surface area (Å²) in [6.45, 7) is 4.99. The summed E-state index contributed by atoms with van der Waals surface area (Å²) in [4.78, 5) is 17.8. The van der Waals surface area contributed by atoms with E-state index in [4.69, 9.17) is 0 Å². The Hall–Kier alpha value is -1.89. The van der Waals surface area contributed by atoms with Crippen LogP contribution in [0, 0.1) is 25.2 Å². The molecule has 0 atom stereocenters. The standard InChI is InChI=1S/C13H15N3O/c1-9-6-13(12(7-14)10(2)15-9)16-5-3-4-11(17)8-16/h6H,3-5,8H2,1-2H3. The van der Waals surface area contributed by atoms with Gasteiger partial charge in [-0.15, -0.1) is 0 Å². The first-order valence-electron chi connectivity index (χ1n) is 5.77. The molecule has 17 heavy (non-hydrogen) atoms. The Balaban J connectivity index is 2.43. The Kier molecular flexibility index (Phi) is 3.10. The predicted octanol–water partition coefficient (Wildman–Crippen LogP) is 1.74. The zero-order chi connectivity index (χ0) is 12.4. The fraction of sp³-hybridized carbons (Fsp3) is 0.462. The van der Waals surface area contributed by atoms with Crippen LogP contribution in [-0.4, -0.2) is 23.9 Å². The third-order valence-corrected chi connectivity index (χ3v) is 3.01. The van der Waals surface area contributed by atoms with Crippen molar-refractivity contribution in [3.05, 3.63) is 23.0 Å².